The molecule has 3 aromatic rings. The molecular weight excluding hydrogens is 440 g/mol. The molecule has 0 radical (unpaired) electrons. The molecule has 5 N–H and O–H groups in total. The molecule has 0 aliphatic rings. The van der Waals surface area contributed by atoms with Crippen LogP contribution in [0.15, 0.2) is 60.7 Å². The standard InChI is InChI=1S/C24H26N4O6/c1-2-34-24(33)26-21-14-19(27-28-21)22(30)25-18(13-20(29)23(31)32)12-15-8-10-17(11-9-15)16-6-4-3-5-7-16/h3-11,14,18,20,29H,2,12-13H2,1H3,(H,25,30)(H,31,32)(H2,26,27,28,33). The van der Waals surface area contributed by atoms with Crippen molar-refractivity contribution in [1.82, 2.24) is 15.5 Å². The largest absolute Gasteiger partial charge is 0.479 e. The molecule has 0 fully saturated rings. The molecule has 0 bridgehead atoms. The molecule has 178 valence electrons. The van der Waals surface area contributed by atoms with Gasteiger partial charge in [-0.15, -0.1) is 0 Å². The van der Waals surface area contributed by atoms with E-state index in [2.05, 4.69) is 20.8 Å². The Kier molecular flexibility index (Phi) is 8.36. The van der Waals surface area contributed by atoms with Crippen molar-refractivity contribution in [2.75, 3.05) is 11.9 Å². The van der Waals surface area contributed by atoms with Crippen molar-refractivity contribution in [3.8, 4) is 11.1 Å². The number of nitrogens with zero attached hydrogens (tertiary/aromatic N) is 1. The van der Waals surface area contributed by atoms with Gasteiger partial charge in [-0.05, 0) is 30.0 Å². The minimum Gasteiger partial charge on any atom is -0.479 e. The van der Waals surface area contributed by atoms with Gasteiger partial charge in [0, 0.05) is 18.5 Å². The van der Waals surface area contributed by atoms with Gasteiger partial charge in [0.15, 0.2) is 11.9 Å². The van der Waals surface area contributed by atoms with Crippen LogP contribution < -0.4 is 10.6 Å². The number of carbonyl (C=O) groups excluding carboxylic acids is 2. The summed E-state index contributed by atoms with van der Waals surface area (Å²) in [6, 6.07) is 18.2. The van der Waals surface area contributed by atoms with Crippen LogP contribution in [0, 0.1) is 0 Å². The Morgan fingerprint density at radius 3 is 2.38 bits per heavy atom. The Hall–Kier alpha value is -4.18. The van der Waals surface area contributed by atoms with Gasteiger partial charge in [0.25, 0.3) is 5.91 Å². The van der Waals surface area contributed by atoms with Crippen LogP contribution in [0.2, 0.25) is 0 Å². The SMILES string of the molecule is CCOC(=O)Nc1cc(C(=O)NC(Cc2ccc(-c3ccccc3)cc2)CC(O)C(=O)O)[nH]n1. The number of anilines is 1. The number of ether oxygens (including phenoxy) is 1. The molecule has 10 nitrogen and oxygen atoms in total. The number of amides is 2. The second kappa shape index (κ2) is 11.6. The van der Waals surface area contributed by atoms with Gasteiger partial charge in [-0.1, -0.05) is 54.6 Å². The van der Waals surface area contributed by atoms with E-state index < -0.39 is 30.1 Å². The molecule has 34 heavy (non-hydrogen) atoms. The third-order valence-corrected chi connectivity index (χ3v) is 5.00. The van der Waals surface area contributed by atoms with Crippen LogP contribution in [0.1, 0.15) is 29.4 Å². The summed E-state index contributed by atoms with van der Waals surface area (Å²) < 4.78 is 4.76. The first-order valence-corrected chi connectivity index (χ1v) is 10.7. The van der Waals surface area contributed by atoms with Crippen LogP contribution in [0.5, 0.6) is 0 Å². The number of nitrogens with one attached hydrogen (secondary N) is 3. The summed E-state index contributed by atoms with van der Waals surface area (Å²) >= 11 is 0. The Morgan fingerprint density at radius 2 is 1.74 bits per heavy atom. The summed E-state index contributed by atoms with van der Waals surface area (Å²) in [5.74, 6) is -1.84. The van der Waals surface area contributed by atoms with Crippen molar-refractivity contribution < 1.29 is 29.3 Å². The number of aliphatic hydroxyl groups excluding tert-OH is 1. The molecular formula is C24H26N4O6. The minimum atomic E-state index is -1.64. The fourth-order valence-electron chi connectivity index (χ4n) is 3.35. The maximum atomic E-state index is 12.7. The highest BCUT2D eigenvalue weighted by Crippen LogP contribution is 2.20. The fraction of sp³-hybridized carbons (Fsp3) is 0.250. The molecule has 2 unspecified atom stereocenters. The lowest BCUT2D eigenvalue weighted by atomic mass is 9.97. The van der Waals surface area contributed by atoms with Gasteiger partial charge in [-0.3, -0.25) is 15.2 Å². The van der Waals surface area contributed by atoms with E-state index in [9.17, 15) is 19.5 Å². The molecule has 2 atom stereocenters. The zero-order valence-electron chi connectivity index (χ0n) is 18.5. The number of hydrogen-bond donors (Lipinski definition) is 5. The number of benzene rings is 2. The minimum absolute atomic E-state index is 0.0565. The first-order chi connectivity index (χ1) is 16.4. The smallest absolute Gasteiger partial charge is 0.412 e. The summed E-state index contributed by atoms with van der Waals surface area (Å²) in [5, 5.41) is 30.4. The molecule has 2 aromatic carbocycles. The van der Waals surface area contributed by atoms with Crippen molar-refractivity contribution in [2.45, 2.75) is 31.9 Å². The highest BCUT2D eigenvalue weighted by atomic mass is 16.5. The summed E-state index contributed by atoms with van der Waals surface area (Å²) in [6.45, 7) is 1.84. The predicted molar refractivity (Wildman–Crippen MR) is 124 cm³/mol. The molecule has 0 saturated heterocycles. The fourth-order valence-corrected chi connectivity index (χ4v) is 3.35. The lowest BCUT2D eigenvalue weighted by Crippen LogP contribution is -2.40. The Bertz CT molecular complexity index is 1110. The highest BCUT2D eigenvalue weighted by molar-refractivity contribution is 5.94. The van der Waals surface area contributed by atoms with E-state index in [4.69, 9.17) is 9.84 Å². The van der Waals surface area contributed by atoms with Crippen molar-refractivity contribution in [2.24, 2.45) is 0 Å². The lowest BCUT2D eigenvalue weighted by molar-refractivity contribution is -0.147. The van der Waals surface area contributed by atoms with Gasteiger partial charge in [0.2, 0.25) is 0 Å². The first-order valence-electron chi connectivity index (χ1n) is 10.7. The summed E-state index contributed by atoms with van der Waals surface area (Å²) in [4.78, 5) is 35.4. The summed E-state index contributed by atoms with van der Waals surface area (Å²) in [7, 11) is 0. The molecule has 0 spiro atoms. The van der Waals surface area contributed by atoms with Gasteiger partial charge < -0.3 is 20.3 Å². The number of H-pyrrole nitrogens is 1. The van der Waals surface area contributed by atoms with E-state index in [1.807, 2.05) is 54.6 Å². The molecule has 2 amide bonds. The highest BCUT2D eigenvalue weighted by Gasteiger charge is 2.23. The molecule has 1 aromatic heterocycles. The Morgan fingerprint density at radius 1 is 1.06 bits per heavy atom. The monoisotopic (exact) mass is 466 g/mol. The molecule has 0 saturated carbocycles. The van der Waals surface area contributed by atoms with Crippen molar-refractivity contribution in [3.05, 3.63) is 71.9 Å². The van der Waals surface area contributed by atoms with E-state index in [1.165, 1.54) is 6.07 Å². The second-order valence-corrected chi connectivity index (χ2v) is 7.54. The summed E-state index contributed by atoms with van der Waals surface area (Å²) in [5.41, 5.74) is 3.00. The van der Waals surface area contributed by atoms with Gasteiger partial charge in [-0.25, -0.2) is 9.59 Å². The molecule has 10 heteroatoms. The third kappa shape index (κ3) is 6.91. The van der Waals surface area contributed by atoms with Crippen molar-refractivity contribution in [3.63, 3.8) is 0 Å². The van der Waals surface area contributed by atoms with E-state index >= 15 is 0 Å². The average molecular weight is 466 g/mol. The van der Waals surface area contributed by atoms with Gasteiger partial charge in [0.1, 0.15) is 5.69 Å². The molecule has 0 aliphatic carbocycles. The Labute approximate surface area is 196 Å². The first kappa shape index (κ1) is 24.5. The van der Waals surface area contributed by atoms with Crippen molar-refractivity contribution >= 4 is 23.8 Å². The number of aliphatic hydroxyl groups is 1. The number of rotatable bonds is 10. The number of aliphatic carboxylic acids is 1. The quantitative estimate of drug-likeness (QED) is 0.308. The molecule has 1 heterocycles. The number of carboxylic acids is 1. The van der Waals surface area contributed by atoms with E-state index in [1.54, 1.807) is 6.92 Å². The third-order valence-electron chi connectivity index (χ3n) is 5.00. The molecule has 0 aliphatic heterocycles. The maximum absolute atomic E-state index is 12.7. The van der Waals surface area contributed by atoms with E-state index in [0.717, 1.165) is 16.7 Å². The van der Waals surface area contributed by atoms with Gasteiger partial charge in [0.05, 0.1) is 6.61 Å². The van der Waals surface area contributed by atoms with Crippen LogP contribution in [0.25, 0.3) is 11.1 Å². The summed E-state index contributed by atoms with van der Waals surface area (Å²) in [6.07, 6.45) is -2.24. The molecule has 3 rings (SSSR count). The van der Waals surface area contributed by atoms with E-state index in [-0.39, 0.29) is 24.5 Å². The van der Waals surface area contributed by atoms with Gasteiger partial charge in [-0.2, -0.15) is 5.10 Å². The maximum Gasteiger partial charge on any atom is 0.412 e. The predicted octanol–water partition coefficient (Wildman–Crippen LogP) is 2.82. The van der Waals surface area contributed by atoms with E-state index in [0.29, 0.717) is 6.42 Å². The van der Waals surface area contributed by atoms with Crippen LogP contribution >= 0.6 is 0 Å². The zero-order valence-corrected chi connectivity index (χ0v) is 18.5. The number of aromatic nitrogens is 2. The van der Waals surface area contributed by atoms with Crippen LogP contribution in [0.3, 0.4) is 0 Å². The van der Waals surface area contributed by atoms with Crippen LogP contribution in [-0.4, -0.2) is 57.1 Å². The normalized spacial score (nSPS) is 12.4. The van der Waals surface area contributed by atoms with Crippen LogP contribution in [0.4, 0.5) is 10.6 Å². The zero-order chi connectivity index (χ0) is 24.5. The average Bonchev–Trinajstić information content (AvgIpc) is 3.28. The van der Waals surface area contributed by atoms with Gasteiger partial charge >= 0.3 is 12.1 Å². The second-order valence-electron chi connectivity index (χ2n) is 7.54. The van der Waals surface area contributed by atoms with Crippen molar-refractivity contribution in [1.29, 1.82) is 0 Å². The number of aromatic amines is 1. The Balaban J connectivity index is 1.69. The number of carboxylic acid groups (broad SMARTS) is 1. The topological polar surface area (TPSA) is 154 Å². The number of carbonyl (C=O) groups is 3. The van der Waals surface area contributed by atoms with Crippen LogP contribution in [-0.2, 0) is 16.0 Å². The lowest BCUT2D eigenvalue weighted by Gasteiger charge is -2.20. The number of hydrogen-bond acceptors (Lipinski definition) is 6.